The number of carbonyl (C=O) groups is 1. The zero-order chi connectivity index (χ0) is 19.0. The lowest BCUT2D eigenvalue weighted by molar-refractivity contribution is 0.0751. The molecule has 0 N–H and O–H groups in total. The molecule has 9 heteroatoms. The second-order valence-electron chi connectivity index (χ2n) is 6.46. The third-order valence-electron chi connectivity index (χ3n) is 4.54. The van der Waals surface area contributed by atoms with Gasteiger partial charge in [0.05, 0.1) is 14.9 Å². The van der Waals surface area contributed by atoms with Crippen LogP contribution in [-0.4, -0.2) is 56.7 Å². The molecular weight excluding hydrogens is 384 g/mol. The van der Waals surface area contributed by atoms with Crippen LogP contribution in [0.1, 0.15) is 21.1 Å². The molecule has 1 amide bonds. The third kappa shape index (κ3) is 3.68. The van der Waals surface area contributed by atoms with Gasteiger partial charge in [0, 0.05) is 37.9 Å². The standard InChI is InChI=1S/C18H19ClN6OS/c1-12-9-13(2)25(22-12)17-10-16(20-11-21-17)23-5-7-24(8-6-23)18(26)14-3-4-15(19)27-14/h3-4,9-11H,5-8H2,1-2H3. The molecule has 0 spiro atoms. The highest BCUT2D eigenvalue weighted by Crippen LogP contribution is 2.24. The molecule has 4 heterocycles. The molecule has 140 valence electrons. The van der Waals surface area contributed by atoms with Gasteiger partial charge in [0.25, 0.3) is 5.91 Å². The maximum Gasteiger partial charge on any atom is 0.264 e. The first-order valence-corrected chi connectivity index (χ1v) is 9.86. The van der Waals surface area contributed by atoms with E-state index in [1.54, 1.807) is 18.5 Å². The van der Waals surface area contributed by atoms with Gasteiger partial charge in [0.2, 0.25) is 0 Å². The molecule has 0 aliphatic carbocycles. The highest BCUT2D eigenvalue weighted by atomic mass is 35.5. The highest BCUT2D eigenvalue weighted by Gasteiger charge is 2.24. The van der Waals surface area contributed by atoms with Gasteiger partial charge in [-0.25, -0.2) is 14.6 Å². The number of anilines is 1. The molecule has 1 aliphatic rings. The van der Waals surface area contributed by atoms with Crippen LogP contribution in [0.3, 0.4) is 0 Å². The minimum atomic E-state index is 0.0394. The summed E-state index contributed by atoms with van der Waals surface area (Å²) in [5.74, 6) is 1.63. The van der Waals surface area contributed by atoms with E-state index in [-0.39, 0.29) is 5.91 Å². The largest absolute Gasteiger partial charge is 0.353 e. The Bertz CT molecular complexity index is 976. The highest BCUT2D eigenvalue weighted by molar-refractivity contribution is 7.17. The molecule has 1 saturated heterocycles. The summed E-state index contributed by atoms with van der Waals surface area (Å²) in [6, 6.07) is 7.50. The van der Waals surface area contributed by atoms with Gasteiger partial charge < -0.3 is 9.80 Å². The number of nitrogens with zero attached hydrogens (tertiary/aromatic N) is 6. The van der Waals surface area contributed by atoms with Crippen LogP contribution in [0.15, 0.2) is 30.6 Å². The van der Waals surface area contributed by atoms with Crippen LogP contribution >= 0.6 is 22.9 Å². The van der Waals surface area contributed by atoms with Crippen molar-refractivity contribution in [2.75, 3.05) is 31.1 Å². The van der Waals surface area contributed by atoms with Gasteiger partial charge >= 0.3 is 0 Å². The number of hydrogen-bond acceptors (Lipinski definition) is 6. The number of carbonyl (C=O) groups excluding carboxylic acids is 1. The molecule has 0 atom stereocenters. The van der Waals surface area contributed by atoms with E-state index >= 15 is 0 Å². The van der Waals surface area contributed by atoms with Crippen molar-refractivity contribution in [1.82, 2.24) is 24.6 Å². The summed E-state index contributed by atoms with van der Waals surface area (Å²) in [6.45, 7) is 6.70. The molecule has 3 aromatic rings. The van der Waals surface area contributed by atoms with Gasteiger partial charge in [-0.1, -0.05) is 11.6 Å². The lowest BCUT2D eigenvalue weighted by Gasteiger charge is -2.35. The van der Waals surface area contributed by atoms with E-state index < -0.39 is 0 Å². The Morgan fingerprint density at radius 3 is 2.44 bits per heavy atom. The van der Waals surface area contributed by atoms with E-state index in [0.29, 0.717) is 22.3 Å². The Labute approximate surface area is 166 Å². The quantitative estimate of drug-likeness (QED) is 0.673. The average molecular weight is 403 g/mol. The Kier molecular flexibility index (Phi) is 4.84. The maximum absolute atomic E-state index is 12.6. The molecule has 3 aromatic heterocycles. The minimum absolute atomic E-state index is 0.0394. The van der Waals surface area contributed by atoms with Crippen molar-refractivity contribution in [1.29, 1.82) is 0 Å². The normalized spacial score (nSPS) is 14.6. The van der Waals surface area contributed by atoms with Crippen LogP contribution in [0.2, 0.25) is 4.34 Å². The van der Waals surface area contributed by atoms with E-state index in [9.17, 15) is 4.79 Å². The molecule has 27 heavy (non-hydrogen) atoms. The van der Waals surface area contributed by atoms with Gasteiger partial charge in [0.1, 0.15) is 12.1 Å². The SMILES string of the molecule is Cc1cc(C)n(-c2cc(N3CCN(C(=O)c4ccc(Cl)s4)CC3)ncn2)n1. The number of rotatable bonds is 3. The monoisotopic (exact) mass is 402 g/mol. The summed E-state index contributed by atoms with van der Waals surface area (Å²) < 4.78 is 2.45. The summed E-state index contributed by atoms with van der Waals surface area (Å²) >= 11 is 7.26. The van der Waals surface area contributed by atoms with Crippen molar-refractivity contribution in [3.63, 3.8) is 0 Å². The van der Waals surface area contributed by atoms with Crippen LogP contribution in [-0.2, 0) is 0 Å². The number of aromatic nitrogens is 4. The zero-order valence-corrected chi connectivity index (χ0v) is 16.7. The van der Waals surface area contributed by atoms with Gasteiger partial charge in [-0.2, -0.15) is 5.10 Å². The summed E-state index contributed by atoms with van der Waals surface area (Å²) in [4.78, 5) is 26.0. The molecule has 0 saturated carbocycles. The van der Waals surface area contributed by atoms with Gasteiger partial charge in [-0.05, 0) is 32.0 Å². The summed E-state index contributed by atoms with van der Waals surface area (Å²) in [7, 11) is 0. The van der Waals surface area contributed by atoms with E-state index in [4.69, 9.17) is 11.6 Å². The topological polar surface area (TPSA) is 67.2 Å². The predicted molar refractivity (Wildman–Crippen MR) is 106 cm³/mol. The maximum atomic E-state index is 12.6. The number of amides is 1. The Balaban J connectivity index is 1.46. The molecular formula is C18H19ClN6OS. The lowest BCUT2D eigenvalue weighted by Crippen LogP contribution is -2.48. The third-order valence-corrected chi connectivity index (χ3v) is 5.76. The zero-order valence-electron chi connectivity index (χ0n) is 15.1. The number of halogens is 1. The molecule has 0 aromatic carbocycles. The molecule has 1 aliphatic heterocycles. The van der Waals surface area contributed by atoms with Crippen molar-refractivity contribution < 1.29 is 4.79 Å². The smallest absolute Gasteiger partial charge is 0.264 e. The first-order valence-electron chi connectivity index (χ1n) is 8.66. The fraction of sp³-hybridized carbons (Fsp3) is 0.333. The second kappa shape index (κ2) is 7.28. The lowest BCUT2D eigenvalue weighted by atomic mass is 10.3. The van der Waals surface area contributed by atoms with Gasteiger partial charge in [0.15, 0.2) is 5.82 Å². The van der Waals surface area contributed by atoms with E-state index in [1.807, 2.05) is 35.6 Å². The predicted octanol–water partition coefficient (Wildman–Crippen LogP) is 2.96. The second-order valence-corrected chi connectivity index (χ2v) is 8.17. The van der Waals surface area contributed by atoms with Crippen molar-refractivity contribution in [3.05, 3.63) is 51.2 Å². The van der Waals surface area contributed by atoms with Crippen LogP contribution < -0.4 is 4.90 Å². The number of aryl methyl sites for hydroxylation is 2. The van der Waals surface area contributed by atoms with E-state index in [0.717, 1.165) is 36.1 Å². The van der Waals surface area contributed by atoms with Crippen molar-refractivity contribution in [2.45, 2.75) is 13.8 Å². The fourth-order valence-electron chi connectivity index (χ4n) is 3.21. The first-order chi connectivity index (χ1) is 13.0. The van der Waals surface area contributed by atoms with Crippen LogP contribution in [0.5, 0.6) is 0 Å². The van der Waals surface area contributed by atoms with E-state index in [2.05, 4.69) is 20.0 Å². The molecule has 4 rings (SSSR count). The molecule has 7 nitrogen and oxygen atoms in total. The Morgan fingerprint density at radius 1 is 1.07 bits per heavy atom. The Hall–Kier alpha value is -2.45. The minimum Gasteiger partial charge on any atom is -0.353 e. The molecule has 0 unspecified atom stereocenters. The first kappa shape index (κ1) is 17.9. The van der Waals surface area contributed by atoms with Crippen LogP contribution in [0, 0.1) is 13.8 Å². The van der Waals surface area contributed by atoms with Crippen molar-refractivity contribution in [2.24, 2.45) is 0 Å². The Morgan fingerprint density at radius 2 is 1.81 bits per heavy atom. The summed E-state index contributed by atoms with van der Waals surface area (Å²) in [5, 5.41) is 4.48. The molecule has 1 fully saturated rings. The van der Waals surface area contributed by atoms with E-state index in [1.165, 1.54) is 11.3 Å². The van der Waals surface area contributed by atoms with Gasteiger partial charge in [-0.3, -0.25) is 4.79 Å². The number of hydrogen-bond donors (Lipinski definition) is 0. The molecule has 0 radical (unpaired) electrons. The van der Waals surface area contributed by atoms with Crippen LogP contribution in [0.4, 0.5) is 5.82 Å². The van der Waals surface area contributed by atoms with Crippen LogP contribution in [0.25, 0.3) is 5.82 Å². The summed E-state index contributed by atoms with van der Waals surface area (Å²) in [6.07, 6.45) is 1.56. The number of piperazine rings is 1. The number of thiophene rings is 1. The average Bonchev–Trinajstić information content (AvgIpc) is 3.26. The molecule has 0 bridgehead atoms. The summed E-state index contributed by atoms with van der Waals surface area (Å²) in [5.41, 5.74) is 1.98. The van der Waals surface area contributed by atoms with Crippen molar-refractivity contribution >= 4 is 34.7 Å². The van der Waals surface area contributed by atoms with Crippen molar-refractivity contribution in [3.8, 4) is 5.82 Å². The van der Waals surface area contributed by atoms with Gasteiger partial charge in [-0.15, -0.1) is 11.3 Å². The fourth-order valence-corrected chi connectivity index (χ4v) is 4.22.